The highest BCUT2D eigenvalue weighted by Crippen LogP contribution is 2.31. The van der Waals surface area contributed by atoms with Crippen molar-refractivity contribution in [2.75, 3.05) is 19.7 Å². The Morgan fingerprint density at radius 3 is 2.56 bits per heavy atom. The van der Waals surface area contributed by atoms with Crippen LogP contribution < -0.4 is 10.1 Å². The summed E-state index contributed by atoms with van der Waals surface area (Å²) in [6, 6.07) is 3.36. The molecule has 138 valence electrons. The van der Waals surface area contributed by atoms with Gasteiger partial charge in [0.15, 0.2) is 12.4 Å². The number of benzene rings is 1. The van der Waals surface area contributed by atoms with Crippen LogP contribution in [0.25, 0.3) is 0 Å². The van der Waals surface area contributed by atoms with Crippen LogP contribution in [0.3, 0.4) is 0 Å². The highest BCUT2D eigenvalue weighted by atomic mass is 32.2. The van der Waals surface area contributed by atoms with Crippen LogP contribution in [0.2, 0.25) is 0 Å². The number of nitro benzene ring substituents is 1. The molecule has 0 atom stereocenters. The molecule has 9 nitrogen and oxygen atoms in total. The Balaban J connectivity index is 2.23. The van der Waals surface area contributed by atoms with Crippen LogP contribution in [0.5, 0.6) is 5.75 Å². The van der Waals surface area contributed by atoms with E-state index in [0.717, 1.165) is 18.9 Å². The molecular weight excluding hydrogens is 350 g/mol. The molecule has 1 fully saturated rings. The molecule has 1 aromatic carbocycles. The van der Waals surface area contributed by atoms with Crippen molar-refractivity contribution in [3.63, 3.8) is 0 Å². The maximum absolute atomic E-state index is 12.5. The topological polar surface area (TPSA) is 119 Å². The number of sulfonamides is 1. The minimum absolute atomic E-state index is 0.0842. The van der Waals surface area contributed by atoms with Gasteiger partial charge in [-0.25, -0.2) is 8.42 Å². The second-order valence-corrected chi connectivity index (χ2v) is 7.95. The molecule has 1 amide bonds. The van der Waals surface area contributed by atoms with Crippen molar-refractivity contribution in [2.24, 2.45) is 0 Å². The molecule has 0 radical (unpaired) electrons. The number of nitrogens with zero attached hydrogens (tertiary/aromatic N) is 2. The lowest BCUT2D eigenvalue weighted by Gasteiger charge is -2.16. The van der Waals surface area contributed by atoms with Gasteiger partial charge in [-0.3, -0.25) is 14.9 Å². The minimum Gasteiger partial charge on any atom is -0.477 e. The summed E-state index contributed by atoms with van der Waals surface area (Å²) in [5.74, 6) is -0.567. The largest absolute Gasteiger partial charge is 0.477 e. The summed E-state index contributed by atoms with van der Waals surface area (Å²) in [5, 5.41) is 13.9. The lowest BCUT2D eigenvalue weighted by atomic mass is 10.3. The monoisotopic (exact) mass is 371 g/mol. The van der Waals surface area contributed by atoms with Gasteiger partial charge in [-0.2, -0.15) is 4.31 Å². The average molecular weight is 371 g/mol. The van der Waals surface area contributed by atoms with Crippen LogP contribution in [0, 0.1) is 10.1 Å². The van der Waals surface area contributed by atoms with Crippen LogP contribution in [-0.2, 0) is 14.8 Å². The van der Waals surface area contributed by atoms with Gasteiger partial charge in [0.2, 0.25) is 10.0 Å². The highest BCUT2D eigenvalue weighted by Gasteiger charge is 2.29. The molecule has 1 N–H and O–H groups in total. The van der Waals surface area contributed by atoms with Crippen molar-refractivity contribution in [3.8, 4) is 5.75 Å². The van der Waals surface area contributed by atoms with Crippen molar-refractivity contribution in [1.29, 1.82) is 0 Å². The second kappa shape index (κ2) is 7.79. The summed E-state index contributed by atoms with van der Waals surface area (Å²) in [4.78, 5) is 22.0. The first-order valence-corrected chi connectivity index (χ1v) is 9.36. The summed E-state index contributed by atoms with van der Waals surface area (Å²) < 4.78 is 31.5. The Labute approximate surface area is 146 Å². The maximum Gasteiger partial charge on any atom is 0.312 e. The first-order valence-electron chi connectivity index (χ1n) is 7.92. The van der Waals surface area contributed by atoms with Crippen molar-refractivity contribution in [3.05, 3.63) is 28.3 Å². The average Bonchev–Trinajstić information content (AvgIpc) is 3.07. The molecule has 1 aromatic rings. The Morgan fingerprint density at radius 1 is 1.36 bits per heavy atom. The lowest BCUT2D eigenvalue weighted by molar-refractivity contribution is -0.386. The van der Waals surface area contributed by atoms with Crippen LogP contribution in [0.1, 0.15) is 26.7 Å². The maximum atomic E-state index is 12.5. The number of rotatable bonds is 7. The van der Waals surface area contributed by atoms with Crippen molar-refractivity contribution in [1.82, 2.24) is 9.62 Å². The Morgan fingerprint density at radius 2 is 2.00 bits per heavy atom. The second-order valence-electron chi connectivity index (χ2n) is 6.01. The van der Waals surface area contributed by atoms with Crippen LogP contribution in [-0.4, -0.2) is 49.3 Å². The first-order chi connectivity index (χ1) is 11.7. The predicted octanol–water partition coefficient (Wildman–Crippen LogP) is 1.28. The SMILES string of the molecule is CC(C)NC(=O)COc1ccc(S(=O)(=O)N2CCCC2)cc1[N+](=O)[O-]. The van der Waals surface area contributed by atoms with Crippen LogP contribution >= 0.6 is 0 Å². The molecule has 1 heterocycles. The molecule has 0 unspecified atom stereocenters. The quantitative estimate of drug-likeness (QED) is 0.570. The molecule has 25 heavy (non-hydrogen) atoms. The van der Waals surface area contributed by atoms with Crippen molar-refractivity contribution in [2.45, 2.75) is 37.6 Å². The third-order valence-corrected chi connectivity index (χ3v) is 5.53. The van der Waals surface area contributed by atoms with E-state index >= 15 is 0 Å². The molecule has 1 aliphatic heterocycles. The predicted molar refractivity (Wildman–Crippen MR) is 89.9 cm³/mol. The molecule has 0 aromatic heterocycles. The summed E-state index contributed by atoms with van der Waals surface area (Å²) >= 11 is 0. The van der Waals surface area contributed by atoms with E-state index in [9.17, 15) is 23.3 Å². The number of nitro groups is 1. The fourth-order valence-electron chi connectivity index (χ4n) is 2.51. The van der Waals surface area contributed by atoms with Gasteiger partial charge >= 0.3 is 5.69 Å². The lowest BCUT2D eigenvalue weighted by Crippen LogP contribution is -2.34. The standard InChI is InChI=1S/C15H21N3O6S/c1-11(2)16-15(19)10-24-14-6-5-12(9-13(14)18(20)21)25(22,23)17-7-3-4-8-17/h5-6,9,11H,3-4,7-8,10H2,1-2H3,(H,16,19). The van der Waals surface area contributed by atoms with E-state index in [0.29, 0.717) is 13.1 Å². The van der Waals surface area contributed by atoms with E-state index in [-0.39, 0.29) is 16.7 Å². The zero-order chi connectivity index (χ0) is 18.6. The molecule has 2 rings (SSSR count). The Kier molecular flexibility index (Phi) is 5.96. The number of ether oxygens (including phenoxy) is 1. The fourth-order valence-corrected chi connectivity index (χ4v) is 4.04. The third kappa shape index (κ3) is 4.67. The highest BCUT2D eigenvalue weighted by molar-refractivity contribution is 7.89. The van der Waals surface area contributed by atoms with E-state index in [2.05, 4.69) is 5.32 Å². The van der Waals surface area contributed by atoms with E-state index in [4.69, 9.17) is 4.74 Å². The Bertz CT molecular complexity index is 757. The molecule has 0 spiro atoms. The normalized spacial score (nSPS) is 15.3. The number of amides is 1. The zero-order valence-corrected chi connectivity index (χ0v) is 14.9. The van der Waals surface area contributed by atoms with E-state index in [1.165, 1.54) is 16.4 Å². The van der Waals surface area contributed by atoms with Gasteiger partial charge in [0, 0.05) is 25.2 Å². The summed E-state index contributed by atoms with van der Waals surface area (Å²) in [5.41, 5.74) is -0.488. The fraction of sp³-hybridized carbons (Fsp3) is 0.533. The summed E-state index contributed by atoms with van der Waals surface area (Å²) in [6.07, 6.45) is 1.54. The molecule has 0 bridgehead atoms. The Hall–Kier alpha value is -2.20. The molecule has 10 heteroatoms. The van der Waals surface area contributed by atoms with Crippen molar-refractivity contribution < 1.29 is 22.9 Å². The van der Waals surface area contributed by atoms with Gasteiger partial charge in [0.05, 0.1) is 9.82 Å². The summed E-state index contributed by atoms with van der Waals surface area (Å²) in [7, 11) is -3.76. The number of nitrogens with one attached hydrogen (secondary N) is 1. The first kappa shape index (κ1) is 19.1. The van der Waals surface area contributed by atoms with Gasteiger partial charge in [-0.15, -0.1) is 0 Å². The van der Waals surface area contributed by atoms with E-state index in [1.807, 2.05) is 0 Å². The molecule has 0 saturated carbocycles. The summed E-state index contributed by atoms with van der Waals surface area (Å²) in [6.45, 7) is 3.97. The molecular formula is C15H21N3O6S. The van der Waals surface area contributed by atoms with Gasteiger partial charge in [-0.05, 0) is 38.8 Å². The number of hydrogen-bond acceptors (Lipinski definition) is 6. The van der Waals surface area contributed by atoms with E-state index in [1.54, 1.807) is 13.8 Å². The zero-order valence-electron chi connectivity index (χ0n) is 14.1. The molecule has 1 saturated heterocycles. The van der Waals surface area contributed by atoms with Crippen LogP contribution in [0.15, 0.2) is 23.1 Å². The van der Waals surface area contributed by atoms with Gasteiger partial charge in [0.1, 0.15) is 0 Å². The number of carbonyl (C=O) groups excluding carboxylic acids is 1. The number of hydrogen-bond donors (Lipinski definition) is 1. The van der Waals surface area contributed by atoms with Gasteiger partial charge in [-0.1, -0.05) is 0 Å². The van der Waals surface area contributed by atoms with Gasteiger partial charge in [0.25, 0.3) is 5.91 Å². The van der Waals surface area contributed by atoms with Gasteiger partial charge < -0.3 is 10.1 Å². The molecule has 0 aliphatic carbocycles. The molecule has 1 aliphatic rings. The van der Waals surface area contributed by atoms with Crippen LogP contribution in [0.4, 0.5) is 5.69 Å². The number of carbonyl (C=O) groups is 1. The minimum atomic E-state index is -3.76. The van der Waals surface area contributed by atoms with E-state index < -0.39 is 33.1 Å². The third-order valence-electron chi connectivity index (χ3n) is 3.64. The van der Waals surface area contributed by atoms with Crippen molar-refractivity contribution >= 4 is 21.6 Å². The smallest absolute Gasteiger partial charge is 0.312 e.